The molecule has 14 heavy (non-hydrogen) atoms. The third-order valence-electron chi connectivity index (χ3n) is 1.55. The van der Waals surface area contributed by atoms with Crippen molar-refractivity contribution in [3.63, 3.8) is 0 Å². The van der Waals surface area contributed by atoms with Gasteiger partial charge in [0.05, 0.1) is 17.7 Å². The largest absolute Gasteiger partial charge is 0.481 e. The summed E-state index contributed by atoms with van der Waals surface area (Å²) < 4.78 is 37.3. The van der Waals surface area contributed by atoms with E-state index in [2.05, 4.69) is 4.98 Å². The van der Waals surface area contributed by atoms with E-state index in [0.29, 0.717) is 0 Å². The fraction of sp³-hybridized carbons (Fsp3) is 0.250. The highest BCUT2D eigenvalue weighted by Gasteiger charge is 2.18. The maximum atomic E-state index is 13.1. The molecule has 1 heterocycles. The molecule has 6 heteroatoms. The Bertz CT molecular complexity index is 354. The van der Waals surface area contributed by atoms with Crippen molar-refractivity contribution >= 4 is 5.97 Å². The summed E-state index contributed by atoms with van der Waals surface area (Å²) in [5, 5.41) is 8.33. The fourth-order valence-electron chi connectivity index (χ4n) is 0.939. The van der Waals surface area contributed by atoms with Crippen LogP contribution in [0.25, 0.3) is 0 Å². The minimum absolute atomic E-state index is 0.477. The van der Waals surface area contributed by atoms with Gasteiger partial charge in [0.25, 0.3) is 6.43 Å². The van der Waals surface area contributed by atoms with Gasteiger partial charge in [-0.1, -0.05) is 0 Å². The quantitative estimate of drug-likeness (QED) is 0.818. The Kier molecular flexibility index (Phi) is 3.06. The van der Waals surface area contributed by atoms with Crippen LogP contribution in [0.5, 0.6) is 0 Å². The van der Waals surface area contributed by atoms with E-state index in [-0.39, 0.29) is 0 Å². The lowest BCUT2D eigenvalue weighted by Gasteiger charge is -2.04. The molecule has 0 aliphatic rings. The number of carboxylic acid groups (broad SMARTS) is 1. The van der Waals surface area contributed by atoms with Crippen LogP contribution in [0.2, 0.25) is 0 Å². The highest BCUT2D eigenvalue weighted by atomic mass is 19.3. The Morgan fingerprint density at radius 2 is 2.21 bits per heavy atom. The van der Waals surface area contributed by atoms with Gasteiger partial charge in [-0.2, -0.15) is 0 Å². The molecule has 0 saturated carbocycles. The minimum Gasteiger partial charge on any atom is -0.481 e. The molecule has 0 radical (unpaired) electrons. The van der Waals surface area contributed by atoms with Crippen molar-refractivity contribution in [1.82, 2.24) is 4.98 Å². The van der Waals surface area contributed by atoms with Crippen LogP contribution in [0.1, 0.15) is 17.7 Å². The van der Waals surface area contributed by atoms with Crippen LogP contribution < -0.4 is 0 Å². The van der Waals surface area contributed by atoms with E-state index in [1.807, 2.05) is 0 Å². The first-order chi connectivity index (χ1) is 6.52. The highest BCUT2D eigenvalue weighted by molar-refractivity contribution is 5.69. The zero-order chi connectivity index (χ0) is 10.7. The number of rotatable bonds is 3. The molecular weight excluding hydrogens is 199 g/mol. The number of carboxylic acids is 1. The van der Waals surface area contributed by atoms with Gasteiger partial charge >= 0.3 is 5.97 Å². The zero-order valence-corrected chi connectivity index (χ0v) is 6.88. The molecule has 0 aliphatic carbocycles. The molecule has 1 aromatic rings. The van der Waals surface area contributed by atoms with Gasteiger partial charge in [0.1, 0.15) is 0 Å². The molecule has 76 valence electrons. The molecule has 3 nitrogen and oxygen atoms in total. The molecule has 0 unspecified atom stereocenters. The molecule has 0 aromatic carbocycles. The average Bonchev–Trinajstić information content (AvgIpc) is 2.07. The highest BCUT2D eigenvalue weighted by Crippen LogP contribution is 2.22. The van der Waals surface area contributed by atoms with Gasteiger partial charge < -0.3 is 5.11 Å². The molecule has 0 fully saturated rings. The standard InChI is InChI=1S/C8H6F3NO2/c9-7-4(8(10)11)1-2-12-5(7)3-6(13)14/h1-2,8H,3H2,(H,13,14). The Hall–Kier alpha value is -1.59. The van der Waals surface area contributed by atoms with Crippen LogP contribution in [0.4, 0.5) is 13.2 Å². The fourth-order valence-corrected chi connectivity index (χ4v) is 0.939. The number of hydrogen-bond acceptors (Lipinski definition) is 2. The summed E-state index contributed by atoms with van der Waals surface area (Å²) in [6.45, 7) is 0. The van der Waals surface area contributed by atoms with Gasteiger partial charge in [0.2, 0.25) is 0 Å². The lowest BCUT2D eigenvalue weighted by atomic mass is 10.2. The minimum atomic E-state index is -2.97. The van der Waals surface area contributed by atoms with Gasteiger partial charge in [0, 0.05) is 6.20 Å². The predicted molar refractivity (Wildman–Crippen MR) is 40.5 cm³/mol. The molecule has 0 amide bonds. The lowest BCUT2D eigenvalue weighted by Crippen LogP contribution is -2.07. The van der Waals surface area contributed by atoms with Crippen molar-refractivity contribution in [2.45, 2.75) is 12.8 Å². The second-order valence-corrected chi connectivity index (χ2v) is 2.53. The smallest absolute Gasteiger partial charge is 0.309 e. The topological polar surface area (TPSA) is 50.2 Å². The molecular formula is C8H6F3NO2. The molecule has 0 spiro atoms. The molecule has 1 rings (SSSR count). The van der Waals surface area contributed by atoms with Crippen molar-refractivity contribution < 1.29 is 23.1 Å². The number of nitrogens with zero attached hydrogens (tertiary/aromatic N) is 1. The first kappa shape index (κ1) is 10.5. The number of hydrogen-bond donors (Lipinski definition) is 1. The zero-order valence-electron chi connectivity index (χ0n) is 6.88. The Balaban J connectivity index is 3.07. The van der Waals surface area contributed by atoms with Gasteiger partial charge in [-0.25, -0.2) is 13.2 Å². The maximum absolute atomic E-state index is 13.1. The summed E-state index contributed by atoms with van der Waals surface area (Å²) in [5.41, 5.74) is -1.30. The van der Waals surface area contributed by atoms with Crippen LogP contribution in [-0.4, -0.2) is 16.1 Å². The van der Waals surface area contributed by atoms with Crippen molar-refractivity contribution in [3.8, 4) is 0 Å². The first-order valence-corrected chi connectivity index (χ1v) is 3.65. The number of pyridine rings is 1. The summed E-state index contributed by atoms with van der Waals surface area (Å²) in [5.74, 6) is -2.56. The second kappa shape index (κ2) is 4.08. The van der Waals surface area contributed by atoms with Gasteiger partial charge in [0.15, 0.2) is 5.82 Å². The van der Waals surface area contributed by atoms with E-state index in [0.717, 1.165) is 12.3 Å². The molecule has 0 saturated heterocycles. The van der Waals surface area contributed by atoms with Crippen LogP contribution in [-0.2, 0) is 11.2 Å². The summed E-state index contributed by atoms with van der Waals surface area (Å²) in [6.07, 6.45) is -2.71. The SMILES string of the molecule is O=C(O)Cc1nccc(C(F)F)c1F. The van der Waals surface area contributed by atoms with E-state index in [4.69, 9.17) is 5.11 Å². The Morgan fingerprint density at radius 1 is 1.57 bits per heavy atom. The number of alkyl halides is 2. The van der Waals surface area contributed by atoms with Crippen LogP contribution in [0.3, 0.4) is 0 Å². The van der Waals surface area contributed by atoms with E-state index in [9.17, 15) is 18.0 Å². The number of aliphatic carboxylic acids is 1. The summed E-state index contributed by atoms with van der Waals surface area (Å²) in [4.78, 5) is 13.6. The number of halogens is 3. The molecule has 0 bridgehead atoms. The molecule has 0 atom stereocenters. The molecule has 1 N–H and O–H groups in total. The summed E-state index contributed by atoms with van der Waals surface area (Å²) >= 11 is 0. The third-order valence-corrected chi connectivity index (χ3v) is 1.55. The van der Waals surface area contributed by atoms with E-state index in [1.165, 1.54) is 0 Å². The summed E-state index contributed by atoms with van der Waals surface area (Å²) in [7, 11) is 0. The summed E-state index contributed by atoms with van der Waals surface area (Å²) in [6, 6.07) is 0.825. The van der Waals surface area contributed by atoms with Crippen molar-refractivity contribution in [2.75, 3.05) is 0 Å². The van der Waals surface area contributed by atoms with Gasteiger partial charge in [-0.15, -0.1) is 0 Å². The average molecular weight is 205 g/mol. The predicted octanol–water partition coefficient (Wildman–Crippen LogP) is 1.79. The van der Waals surface area contributed by atoms with Crippen molar-refractivity contribution in [2.24, 2.45) is 0 Å². The Labute approximate surface area is 77.2 Å². The van der Waals surface area contributed by atoms with E-state index >= 15 is 0 Å². The van der Waals surface area contributed by atoms with Crippen LogP contribution in [0.15, 0.2) is 12.3 Å². The van der Waals surface area contributed by atoms with Crippen molar-refractivity contribution in [1.29, 1.82) is 0 Å². The third kappa shape index (κ3) is 2.21. The normalized spacial score (nSPS) is 10.6. The maximum Gasteiger partial charge on any atom is 0.309 e. The second-order valence-electron chi connectivity index (χ2n) is 2.53. The van der Waals surface area contributed by atoms with Crippen LogP contribution in [0, 0.1) is 5.82 Å². The van der Waals surface area contributed by atoms with Crippen LogP contribution >= 0.6 is 0 Å². The monoisotopic (exact) mass is 205 g/mol. The van der Waals surface area contributed by atoms with Gasteiger partial charge in [-0.3, -0.25) is 9.78 Å². The number of aromatic nitrogens is 1. The lowest BCUT2D eigenvalue weighted by molar-refractivity contribution is -0.136. The molecule has 0 aliphatic heterocycles. The first-order valence-electron chi connectivity index (χ1n) is 3.65. The number of carbonyl (C=O) groups is 1. The van der Waals surface area contributed by atoms with Gasteiger partial charge in [-0.05, 0) is 6.07 Å². The van der Waals surface area contributed by atoms with E-state index < -0.39 is 35.9 Å². The van der Waals surface area contributed by atoms with E-state index in [1.54, 1.807) is 0 Å². The Morgan fingerprint density at radius 3 is 2.71 bits per heavy atom. The molecule has 1 aromatic heterocycles. The van der Waals surface area contributed by atoms with Crippen molar-refractivity contribution in [3.05, 3.63) is 29.3 Å².